The molecular weight excluding hydrogens is 364 g/mol. The highest BCUT2D eigenvalue weighted by Crippen LogP contribution is 2.47. The molecular formula is C24H22N2OS. The molecule has 0 amide bonds. The van der Waals surface area contributed by atoms with Crippen LogP contribution in [-0.2, 0) is 4.79 Å². The molecule has 1 N–H and O–H groups in total. The molecule has 2 heterocycles. The van der Waals surface area contributed by atoms with Gasteiger partial charge in [-0.3, -0.25) is 9.78 Å². The Morgan fingerprint density at radius 3 is 2.64 bits per heavy atom. The number of anilines is 1. The van der Waals surface area contributed by atoms with E-state index in [0.717, 1.165) is 46.4 Å². The van der Waals surface area contributed by atoms with Crippen molar-refractivity contribution < 1.29 is 4.79 Å². The molecule has 28 heavy (non-hydrogen) atoms. The normalized spacial score (nSPS) is 18.6. The van der Waals surface area contributed by atoms with E-state index in [1.807, 2.05) is 6.92 Å². The highest BCUT2D eigenvalue weighted by molar-refractivity contribution is 7.98. The van der Waals surface area contributed by atoms with E-state index >= 15 is 0 Å². The van der Waals surface area contributed by atoms with Crippen LogP contribution in [0, 0.1) is 6.92 Å². The van der Waals surface area contributed by atoms with Crippen LogP contribution in [0.25, 0.3) is 10.9 Å². The zero-order chi connectivity index (χ0) is 19.3. The van der Waals surface area contributed by atoms with E-state index in [4.69, 9.17) is 4.98 Å². The number of rotatable bonds is 2. The van der Waals surface area contributed by atoms with Gasteiger partial charge in [-0.1, -0.05) is 18.2 Å². The van der Waals surface area contributed by atoms with Crippen molar-refractivity contribution in [3.8, 4) is 0 Å². The van der Waals surface area contributed by atoms with Crippen LogP contribution in [0.4, 0.5) is 5.69 Å². The molecule has 0 spiro atoms. The minimum Gasteiger partial charge on any atom is -0.358 e. The third-order valence-corrected chi connectivity index (χ3v) is 6.56. The number of aryl methyl sites for hydroxylation is 1. The van der Waals surface area contributed by atoms with Gasteiger partial charge in [-0.25, -0.2) is 0 Å². The molecule has 2 aromatic carbocycles. The minimum atomic E-state index is -0.0387. The second-order valence-electron chi connectivity index (χ2n) is 7.55. The standard InChI is InChI=1S/C24H22N2OS/c1-14-6-11-17-18(25-14)12-13-20-23(17)22(15-7-9-16(28-2)10-8-15)24-19(26-20)4-3-5-21(24)27/h6-13,22,26H,3-5H2,1-2H3/t22-/m1/s1. The molecule has 140 valence electrons. The number of ketones is 1. The number of fused-ring (bicyclic) bond motifs is 3. The number of nitrogens with zero attached hydrogens (tertiary/aromatic N) is 1. The lowest BCUT2D eigenvalue weighted by Gasteiger charge is -2.35. The molecule has 3 aromatic rings. The van der Waals surface area contributed by atoms with Crippen molar-refractivity contribution in [1.82, 2.24) is 4.98 Å². The van der Waals surface area contributed by atoms with Gasteiger partial charge in [0.1, 0.15) is 0 Å². The number of thioether (sulfide) groups is 1. The number of benzene rings is 2. The predicted octanol–water partition coefficient (Wildman–Crippen LogP) is 5.83. The number of Topliss-reactive ketones (excluding diaryl/α,β-unsaturated/α-hetero) is 1. The lowest BCUT2D eigenvalue weighted by Crippen LogP contribution is -2.27. The van der Waals surface area contributed by atoms with Crippen LogP contribution in [0.5, 0.6) is 0 Å². The Labute approximate surface area is 169 Å². The van der Waals surface area contributed by atoms with E-state index in [1.165, 1.54) is 16.0 Å². The topological polar surface area (TPSA) is 42.0 Å². The van der Waals surface area contributed by atoms with Crippen molar-refractivity contribution in [3.63, 3.8) is 0 Å². The van der Waals surface area contributed by atoms with Crippen LogP contribution in [0.2, 0.25) is 0 Å². The highest BCUT2D eigenvalue weighted by Gasteiger charge is 2.36. The number of aromatic nitrogens is 1. The number of hydrogen-bond donors (Lipinski definition) is 1. The number of pyridine rings is 1. The van der Waals surface area contributed by atoms with Gasteiger partial charge >= 0.3 is 0 Å². The van der Waals surface area contributed by atoms with Gasteiger partial charge in [-0.2, -0.15) is 0 Å². The molecule has 4 heteroatoms. The SMILES string of the molecule is CSc1ccc([C@H]2C3=C(CCCC3=O)Nc3ccc4nc(C)ccc4c32)cc1. The first-order valence-corrected chi connectivity index (χ1v) is 11.0. The molecule has 0 saturated carbocycles. The molecule has 0 radical (unpaired) electrons. The molecule has 2 aliphatic rings. The van der Waals surface area contributed by atoms with Crippen LogP contribution >= 0.6 is 11.8 Å². The largest absolute Gasteiger partial charge is 0.358 e. The fraction of sp³-hybridized carbons (Fsp3) is 0.250. The van der Waals surface area contributed by atoms with Crippen LogP contribution < -0.4 is 5.32 Å². The van der Waals surface area contributed by atoms with Crippen molar-refractivity contribution in [2.75, 3.05) is 11.6 Å². The van der Waals surface area contributed by atoms with Crippen LogP contribution in [0.1, 0.15) is 42.0 Å². The summed E-state index contributed by atoms with van der Waals surface area (Å²) in [5, 5.41) is 4.71. The van der Waals surface area contributed by atoms with Crippen molar-refractivity contribution >= 4 is 34.1 Å². The molecule has 0 bridgehead atoms. The second kappa shape index (κ2) is 6.78. The average molecular weight is 387 g/mol. The van der Waals surface area contributed by atoms with E-state index in [-0.39, 0.29) is 11.7 Å². The van der Waals surface area contributed by atoms with Gasteiger partial charge in [-0.15, -0.1) is 11.8 Å². The smallest absolute Gasteiger partial charge is 0.161 e. The van der Waals surface area contributed by atoms with Crippen molar-refractivity contribution in [3.05, 3.63) is 76.6 Å². The Morgan fingerprint density at radius 2 is 1.86 bits per heavy atom. The van der Waals surface area contributed by atoms with E-state index in [2.05, 4.69) is 60.1 Å². The van der Waals surface area contributed by atoms with Gasteiger partial charge in [0.25, 0.3) is 0 Å². The second-order valence-corrected chi connectivity index (χ2v) is 8.43. The van der Waals surface area contributed by atoms with Gasteiger partial charge in [0, 0.05) is 45.3 Å². The maximum atomic E-state index is 13.0. The summed E-state index contributed by atoms with van der Waals surface area (Å²) in [4.78, 5) is 19.0. The summed E-state index contributed by atoms with van der Waals surface area (Å²) in [6, 6.07) is 17.1. The zero-order valence-corrected chi connectivity index (χ0v) is 16.9. The van der Waals surface area contributed by atoms with Gasteiger partial charge in [0.2, 0.25) is 0 Å². The van der Waals surface area contributed by atoms with Gasteiger partial charge in [0.15, 0.2) is 5.78 Å². The maximum absolute atomic E-state index is 13.0. The monoisotopic (exact) mass is 386 g/mol. The highest BCUT2D eigenvalue weighted by atomic mass is 32.2. The lowest BCUT2D eigenvalue weighted by molar-refractivity contribution is -0.116. The number of hydrogen-bond acceptors (Lipinski definition) is 4. The average Bonchev–Trinajstić information content (AvgIpc) is 2.72. The summed E-state index contributed by atoms with van der Waals surface area (Å²) < 4.78 is 0. The zero-order valence-electron chi connectivity index (χ0n) is 16.1. The van der Waals surface area contributed by atoms with Crippen LogP contribution in [-0.4, -0.2) is 17.0 Å². The molecule has 0 unspecified atom stereocenters. The molecule has 1 atom stereocenters. The van der Waals surface area contributed by atoms with E-state index in [0.29, 0.717) is 6.42 Å². The first kappa shape index (κ1) is 17.5. The lowest BCUT2D eigenvalue weighted by atomic mass is 9.74. The van der Waals surface area contributed by atoms with Crippen LogP contribution in [0.15, 0.2) is 64.7 Å². The summed E-state index contributed by atoms with van der Waals surface area (Å²) >= 11 is 1.74. The summed E-state index contributed by atoms with van der Waals surface area (Å²) in [6.45, 7) is 2.01. The van der Waals surface area contributed by atoms with Crippen molar-refractivity contribution in [1.29, 1.82) is 0 Å². The third kappa shape index (κ3) is 2.75. The Morgan fingerprint density at radius 1 is 1.04 bits per heavy atom. The number of nitrogens with one attached hydrogen (secondary N) is 1. The molecule has 1 aliphatic heterocycles. The molecule has 0 saturated heterocycles. The Hall–Kier alpha value is -2.59. The molecule has 1 aromatic heterocycles. The van der Waals surface area contributed by atoms with Gasteiger partial charge in [0.05, 0.1) is 5.52 Å². The first-order chi connectivity index (χ1) is 13.7. The first-order valence-electron chi connectivity index (χ1n) is 9.73. The van der Waals surface area contributed by atoms with Crippen LogP contribution in [0.3, 0.4) is 0 Å². The quantitative estimate of drug-likeness (QED) is 0.563. The van der Waals surface area contributed by atoms with Crippen molar-refractivity contribution in [2.24, 2.45) is 0 Å². The Bertz CT molecular complexity index is 1130. The third-order valence-electron chi connectivity index (χ3n) is 5.82. The van der Waals surface area contributed by atoms with Gasteiger partial charge < -0.3 is 5.32 Å². The number of allylic oxidation sites excluding steroid dienone is 2. The van der Waals surface area contributed by atoms with E-state index in [9.17, 15) is 4.79 Å². The summed E-state index contributed by atoms with van der Waals surface area (Å²) in [7, 11) is 0. The van der Waals surface area contributed by atoms with Gasteiger partial charge in [-0.05, 0) is 67.5 Å². The molecule has 3 nitrogen and oxygen atoms in total. The number of carbonyl (C=O) groups is 1. The van der Waals surface area contributed by atoms with E-state index in [1.54, 1.807) is 11.8 Å². The van der Waals surface area contributed by atoms with E-state index < -0.39 is 0 Å². The summed E-state index contributed by atoms with van der Waals surface area (Å²) in [5.41, 5.74) is 7.49. The van der Waals surface area contributed by atoms with Crippen molar-refractivity contribution in [2.45, 2.75) is 37.0 Å². The summed E-state index contributed by atoms with van der Waals surface area (Å²) in [6.07, 6.45) is 4.58. The maximum Gasteiger partial charge on any atom is 0.161 e. The molecule has 1 aliphatic carbocycles. The fourth-order valence-electron chi connectivity index (χ4n) is 4.51. The fourth-order valence-corrected chi connectivity index (χ4v) is 4.92. The molecule has 0 fully saturated rings. The Kier molecular flexibility index (Phi) is 4.24. The summed E-state index contributed by atoms with van der Waals surface area (Å²) in [5.74, 6) is 0.235. The number of carbonyl (C=O) groups excluding carboxylic acids is 1. The minimum absolute atomic E-state index is 0.0387. The Balaban J connectivity index is 1.79. The predicted molar refractivity (Wildman–Crippen MR) is 116 cm³/mol. The molecule has 5 rings (SSSR count).